The van der Waals surface area contributed by atoms with E-state index in [9.17, 15) is 0 Å². The highest BCUT2D eigenvalue weighted by molar-refractivity contribution is 6.36. The van der Waals surface area contributed by atoms with Crippen LogP contribution in [0.5, 0.6) is 0 Å². The highest BCUT2D eigenvalue weighted by atomic mass is 35.5. The van der Waals surface area contributed by atoms with Gasteiger partial charge in [0, 0.05) is 16.5 Å². The number of benzene rings is 1. The summed E-state index contributed by atoms with van der Waals surface area (Å²) in [6.07, 6.45) is 1.93. The van der Waals surface area contributed by atoms with Crippen LogP contribution in [0.1, 0.15) is 17.3 Å². The molecule has 0 aliphatic carbocycles. The standard InChI is InChI=1S/C11H8Cl2N2O/c1-2-11-14-10(15-16-11)6-7-8(12)4-3-5-9(7)13/h2-5H,1,6H2. The highest BCUT2D eigenvalue weighted by Crippen LogP contribution is 2.26. The maximum Gasteiger partial charge on any atom is 0.250 e. The van der Waals surface area contributed by atoms with E-state index in [-0.39, 0.29) is 0 Å². The summed E-state index contributed by atoms with van der Waals surface area (Å²) < 4.78 is 4.90. The number of aromatic nitrogens is 2. The Kier molecular flexibility index (Phi) is 3.27. The van der Waals surface area contributed by atoms with E-state index in [1.54, 1.807) is 18.2 Å². The lowest BCUT2D eigenvalue weighted by atomic mass is 10.1. The zero-order valence-electron chi connectivity index (χ0n) is 8.28. The van der Waals surface area contributed by atoms with E-state index in [4.69, 9.17) is 27.7 Å². The lowest BCUT2D eigenvalue weighted by Gasteiger charge is -2.02. The number of rotatable bonds is 3. The highest BCUT2D eigenvalue weighted by Gasteiger charge is 2.10. The van der Waals surface area contributed by atoms with Gasteiger partial charge in [-0.15, -0.1) is 0 Å². The van der Waals surface area contributed by atoms with Crippen molar-refractivity contribution in [2.45, 2.75) is 6.42 Å². The average molecular weight is 255 g/mol. The first kappa shape index (κ1) is 11.2. The summed E-state index contributed by atoms with van der Waals surface area (Å²) in [7, 11) is 0. The van der Waals surface area contributed by atoms with Gasteiger partial charge in [-0.2, -0.15) is 4.98 Å². The van der Waals surface area contributed by atoms with Crippen LogP contribution < -0.4 is 0 Å². The van der Waals surface area contributed by atoms with Gasteiger partial charge in [-0.25, -0.2) is 0 Å². The van der Waals surface area contributed by atoms with E-state index < -0.39 is 0 Å². The van der Waals surface area contributed by atoms with Crippen LogP contribution in [0.2, 0.25) is 10.0 Å². The quantitative estimate of drug-likeness (QED) is 0.840. The maximum atomic E-state index is 6.03. The Morgan fingerprint density at radius 2 is 2.00 bits per heavy atom. The lowest BCUT2D eigenvalue weighted by molar-refractivity contribution is 0.404. The molecule has 0 aliphatic rings. The number of hydrogen-bond donors (Lipinski definition) is 0. The van der Waals surface area contributed by atoms with Gasteiger partial charge in [-0.05, 0) is 23.8 Å². The van der Waals surface area contributed by atoms with E-state index in [0.717, 1.165) is 5.56 Å². The first-order valence-corrected chi connectivity index (χ1v) is 5.34. The lowest BCUT2D eigenvalue weighted by Crippen LogP contribution is -1.93. The van der Waals surface area contributed by atoms with Crippen LogP contribution in [0.25, 0.3) is 6.08 Å². The summed E-state index contributed by atoms with van der Waals surface area (Å²) in [5, 5.41) is 4.98. The monoisotopic (exact) mass is 254 g/mol. The van der Waals surface area contributed by atoms with Gasteiger partial charge in [0.2, 0.25) is 5.89 Å². The molecule has 0 unspecified atom stereocenters. The predicted octanol–water partition coefficient (Wildman–Crippen LogP) is 3.61. The Morgan fingerprint density at radius 3 is 2.56 bits per heavy atom. The summed E-state index contributed by atoms with van der Waals surface area (Å²) in [5.41, 5.74) is 0.794. The zero-order chi connectivity index (χ0) is 11.5. The molecular weight excluding hydrogens is 247 g/mol. The van der Waals surface area contributed by atoms with Gasteiger partial charge in [0.05, 0.1) is 0 Å². The van der Waals surface area contributed by atoms with Gasteiger partial charge in [0.1, 0.15) is 0 Å². The third kappa shape index (κ3) is 2.26. The fourth-order valence-electron chi connectivity index (χ4n) is 1.28. The Morgan fingerprint density at radius 1 is 1.31 bits per heavy atom. The van der Waals surface area contributed by atoms with Crippen molar-refractivity contribution in [3.63, 3.8) is 0 Å². The van der Waals surface area contributed by atoms with Crippen LogP contribution >= 0.6 is 23.2 Å². The molecular formula is C11H8Cl2N2O. The van der Waals surface area contributed by atoms with E-state index >= 15 is 0 Å². The minimum Gasteiger partial charge on any atom is -0.335 e. The normalized spacial score (nSPS) is 10.4. The molecule has 1 aromatic carbocycles. The van der Waals surface area contributed by atoms with Crippen molar-refractivity contribution in [3.8, 4) is 0 Å². The van der Waals surface area contributed by atoms with Gasteiger partial charge in [-0.3, -0.25) is 0 Å². The molecule has 0 radical (unpaired) electrons. The molecule has 2 rings (SSSR count). The third-order valence-corrected chi connectivity index (χ3v) is 2.76. The minimum atomic E-state index is 0.387. The van der Waals surface area contributed by atoms with Crippen LogP contribution in [0, 0.1) is 0 Å². The molecule has 0 bridgehead atoms. The third-order valence-electron chi connectivity index (χ3n) is 2.05. The fourth-order valence-corrected chi connectivity index (χ4v) is 1.81. The minimum absolute atomic E-state index is 0.387. The fraction of sp³-hybridized carbons (Fsp3) is 0.0909. The van der Waals surface area contributed by atoms with Gasteiger partial charge < -0.3 is 4.52 Å². The molecule has 82 valence electrons. The van der Waals surface area contributed by atoms with Crippen LogP contribution in [0.3, 0.4) is 0 Å². The van der Waals surface area contributed by atoms with Crippen molar-refractivity contribution >= 4 is 29.3 Å². The molecule has 5 heteroatoms. The van der Waals surface area contributed by atoms with Crippen LogP contribution in [-0.4, -0.2) is 10.1 Å². The van der Waals surface area contributed by atoms with Crippen LogP contribution in [0.4, 0.5) is 0 Å². The molecule has 0 amide bonds. The summed E-state index contributed by atoms with van der Waals surface area (Å²) in [6, 6.07) is 5.34. The van der Waals surface area contributed by atoms with Gasteiger partial charge in [0.25, 0.3) is 0 Å². The van der Waals surface area contributed by atoms with Gasteiger partial charge >= 0.3 is 0 Å². The van der Waals surface area contributed by atoms with Crippen LogP contribution in [0.15, 0.2) is 29.3 Å². The Bertz CT molecular complexity index is 502. The molecule has 0 saturated heterocycles. The van der Waals surface area contributed by atoms with E-state index in [2.05, 4.69) is 16.7 Å². The smallest absolute Gasteiger partial charge is 0.250 e. The Hall–Kier alpha value is -1.32. The van der Waals surface area contributed by atoms with Crippen LogP contribution in [-0.2, 0) is 6.42 Å². The molecule has 3 nitrogen and oxygen atoms in total. The molecule has 0 spiro atoms. The maximum absolute atomic E-state index is 6.03. The predicted molar refractivity (Wildman–Crippen MR) is 63.7 cm³/mol. The van der Waals surface area contributed by atoms with E-state index in [0.29, 0.717) is 28.2 Å². The van der Waals surface area contributed by atoms with E-state index in [1.165, 1.54) is 6.08 Å². The molecule has 1 heterocycles. The molecule has 0 saturated carbocycles. The second-order valence-electron chi connectivity index (χ2n) is 3.13. The number of hydrogen-bond acceptors (Lipinski definition) is 3. The largest absolute Gasteiger partial charge is 0.335 e. The molecule has 2 aromatic rings. The van der Waals surface area contributed by atoms with Crippen molar-refractivity contribution in [3.05, 3.63) is 52.1 Å². The first-order chi connectivity index (χ1) is 7.70. The summed E-state index contributed by atoms with van der Waals surface area (Å²) >= 11 is 12.1. The molecule has 0 fully saturated rings. The molecule has 0 aliphatic heterocycles. The summed E-state index contributed by atoms with van der Waals surface area (Å²) in [6.45, 7) is 3.54. The van der Waals surface area contributed by atoms with Crippen molar-refractivity contribution in [1.82, 2.24) is 10.1 Å². The Balaban J connectivity index is 2.29. The van der Waals surface area contributed by atoms with Gasteiger partial charge in [0.15, 0.2) is 5.82 Å². The van der Waals surface area contributed by atoms with Crippen molar-refractivity contribution < 1.29 is 4.52 Å². The SMILES string of the molecule is C=Cc1nc(Cc2c(Cl)cccc2Cl)no1. The average Bonchev–Trinajstić information content (AvgIpc) is 2.71. The van der Waals surface area contributed by atoms with Crippen molar-refractivity contribution in [2.75, 3.05) is 0 Å². The van der Waals surface area contributed by atoms with Crippen molar-refractivity contribution in [1.29, 1.82) is 0 Å². The first-order valence-electron chi connectivity index (χ1n) is 4.58. The summed E-state index contributed by atoms with van der Waals surface area (Å²) in [4.78, 5) is 4.09. The second-order valence-corrected chi connectivity index (χ2v) is 3.94. The molecule has 0 atom stereocenters. The number of halogens is 2. The topological polar surface area (TPSA) is 38.9 Å². The van der Waals surface area contributed by atoms with Gasteiger partial charge in [-0.1, -0.05) is 41.0 Å². The number of nitrogens with zero attached hydrogens (tertiary/aromatic N) is 2. The Labute approximate surface area is 103 Å². The molecule has 16 heavy (non-hydrogen) atoms. The van der Waals surface area contributed by atoms with E-state index in [1.807, 2.05) is 0 Å². The van der Waals surface area contributed by atoms with Crippen molar-refractivity contribution in [2.24, 2.45) is 0 Å². The zero-order valence-corrected chi connectivity index (χ0v) is 9.79. The summed E-state index contributed by atoms with van der Waals surface area (Å²) in [5.74, 6) is 0.920. The second kappa shape index (κ2) is 4.68. The molecule has 0 N–H and O–H groups in total. The molecule has 1 aromatic heterocycles.